The van der Waals surface area contributed by atoms with E-state index in [4.69, 9.17) is 9.47 Å². The van der Waals surface area contributed by atoms with Gasteiger partial charge in [-0.1, -0.05) is 12.1 Å². The maximum absolute atomic E-state index is 10.4. The molecule has 1 N–H and O–H groups in total. The highest BCUT2D eigenvalue weighted by Crippen LogP contribution is 2.37. The summed E-state index contributed by atoms with van der Waals surface area (Å²) in [6.45, 7) is 1.04. The van der Waals surface area contributed by atoms with Gasteiger partial charge in [0.1, 0.15) is 25.4 Å². The number of hydrogen-bond donors (Lipinski definition) is 1. The largest absolute Gasteiger partial charge is 0.486 e. The van der Waals surface area contributed by atoms with Gasteiger partial charge < -0.3 is 14.6 Å². The van der Waals surface area contributed by atoms with Gasteiger partial charge in [0.25, 0.3) is 0 Å². The van der Waals surface area contributed by atoms with Crippen molar-refractivity contribution in [1.82, 2.24) is 14.8 Å². The summed E-state index contributed by atoms with van der Waals surface area (Å²) < 4.78 is 12.7. The number of aromatic nitrogens is 3. The van der Waals surface area contributed by atoms with Gasteiger partial charge in [-0.05, 0) is 6.07 Å². The van der Waals surface area contributed by atoms with Gasteiger partial charge in [-0.15, -0.1) is 0 Å². The number of aliphatic hydroxyl groups is 1. The fourth-order valence-electron chi connectivity index (χ4n) is 2.15. The molecule has 6 nitrogen and oxygen atoms in total. The van der Waals surface area contributed by atoms with Crippen LogP contribution in [0.2, 0.25) is 0 Å². The van der Waals surface area contributed by atoms with Gasteiger partial charge in [-0.2, -0.15) is 5.10 Å². The zero-order valence-corrected chi connectivity index (χ0v) is 10.6. The molecule has 19 heavy (non-hydrogen) atoms. The van der Waals surface area contributed by atoms with E-state index in [0.717, 1.165) is 11.4 Å². The molecule has 3 rings (SSSR count). The van der Waals surface area contributed by atoms with Crippen molar-refractivity contribution in [3.05, 3.63) is 35.9 Å². The Morgan fingerprint density at radius 2 is 2.21 bits per heavy atom. The third-order valence-electron chi connectivity index (χ3n) is 3.14. The van der Waals surface area contributed by atoms with Gasteiger partial charge in [0.2, 0.25) is 0 Å². The summed E-state index contributed by atoms with van der Waals surface area (Å²) in [5, 5.41) is 14.3. The van der Waals surface area contributed by atoms with Crippen LogP contribution in [0.5, 0.6) is 11.5 Å². The third-order valence-corrected chi connectivity index (χ3v) is 3.14. The minimum atomic E-state index is -0.695. The van der Waals surface area contributed by atoms with E-state index >= 15 is 0 Å². The summed E-state index contributed by atoms with van der Waals surface area (Å²) >= 11 is 0. The number of para-hydroxylation sites is 1. The molecule has 2 heterocycles. The Kier molecular flexibility index (Phi) is 3.08. The lowest BCUT2D eigenvalue weighted by Gasteiger charge is -2.22. The van der Waals surface area contributed by atoms with Gasteiger partial charge >= 0.3 is 0 Å². The number of fused-ring (bicyclic) bond motifs is 1. The molecule has 0 radical (unpaired) electrons. The van der Waals surface area contributed by atoms with E-state index in [1.54, 1.807) is 11.7 Å². The first kappa shape index (κ1) is 12.0. The molecule has 100 valence electrons. The Morgan fingerprint density at radius 1 is 1.37 bits per heavy atom. The van der Waals surface area contributed by atoms with Crippen molar-refractivity contribution in [2.45, 2.75) is 12.5 Å². The zero-order chi connectivity index (χ0) is 13.2. The Labute approximate surface area is 110 Å². The second kappa shape index (κ2) is 4.89. The number of nitrogens with zero attached hydrogens (tertiary/aromatic N) is 3. The number of ether oxygens (including phenoxy) is 2. The lowest BCUT2D eigenvalue weighted by atomic mass is 10.0. The van der Waals surface area contributed by atoms with E-state index < -0.39 is 6.10 Å². The second-order valence-electron chi connectivity index (χ2n) is 4.39. The Hall–Kier alpha value is -2.08. The van der Waals surface area contributed by atoms with Crippen LogP contribution in [-0.4, -0.2) is 33.1 Å². The lowest BCUT2D eigenvalue weighted by molar-refractivity contribution is 0.144. The molecular formula is C13H15N3O3. The van der Waals surface area contributed by atoms with E-state index in [0.29, 0.717) is 31.1 Å². The average Bonchev–Trinajstić information content (AvgIpc) is 2.83. The molecular weight excluding hydrogens is 246 g/mol. The summed E-state index contributed by atoms with van der Waals surface area (Å²) in [6.07, 6.45) is 1.16. The quantitative estimate of drug-likeness (QED) is 0.887. The monoisotopic (exact) mass is 261 g/mol. The van der Waals surface area contributed by atoms with Crippen LogP contribution in [0.25, 0.3) is 0 Å². The fraction of sp³-hybridized carbons (Fsp3) is 0.385. The smallest absolute Gasteiger partial charge is 0.167 e. The van der Waals surface area contributed by atoms with E-state index in [1.165, 1.54) is 6.33 Å². The first-order valence-electron chi connectivity index (χ1n) is 6.15. The number of benzene rings is 1. The molecule has 1 aromatic heterocycles. The van der Waals surface area contributed by atoms with Crippen LogP contribution >= 0.6 is 0 Å². The highest BCUT2D eigenvalue weighted by molar-refractivity contribution is 5.48. The van der Waals surface area contributed by atoms with Crippen LogP contribution in [0.3, 0.4) is 0 Å². The van der Waals surface area contributed by atoms with Crippen LogP contribution in [-0.2, 0) is 13.5 Å². The summed E-state index contributed by atoms with van der Waals surface area (Å²) in [6, 6.07) is 5.53. The summed E-state index contributed by atoms with van der Waals surface area (Å²) in [5.74, 6) is 2.03. The fourth-order valence-corrected chi connectivity index (χ4v) is 2.15. The van der Waals surface area contributed by atoms with Crippen molar-refractivity contribution in [2.75, 3.05) is 13.2 Å². The van der Waals surface area contributed by atoms with Crippen molar-refractivity contribution < 1.29 is 14.6 Å². The molecule has 1 unspecified atom stereocenters. The summed E-state index contributed by atoms with van der Waals surface area (Å²) in [5.41, 5.74) is 0.722. The minimum absolute atomic E-state index is 0.385. The molecule has 0 fully saturated rings. The topological polar surface area (TPSA) is 69.4 Å². The standard InChI is InChI=1S/C13H15N3O3/c1-16-12(14-8-15-16)7-10(17)9-3-2-4-11-13(9)19-6-5-18-11/h2-4,8,10,17H,5-7H2,1H3. The minimum Gasteiger partial charge on any atom is -0.486 e. The zero-order valence-electron chi connectivity index (χ0n) is 10.6. The van der Waals surface area contributed by atoms with Crippen LogP contribution in [0.1, 0.15) is 17.5 Å². The van der Waals surface area contributed by atoms with Crippen molar-refractivity contribution >= 4 is 0 Å². The van der Waals surface area contributed by atoms with Crippen LogP contribution in [0.15, 0.2) is 24.5 Å². The third kappa shape index (κ3) is 2.26. The van der Waals surface area contributed by atoms with Gasteiger partial charge in [0.05, 0.1) is 6.10 Å². The van der Waals surface area contributed by atoms with Crippen molar-refractivity contribution in [3.63, 3.8) is 0 Å². The molecule has 0 bridgehead atoms. The number of rotatable bonds is 3. The maximum atomic E-state index is 10.4. The molecule has 2 aromatic rings. The second-order valence-corrected chi connectivity index (χ2v) is 4.39. The predicted octanol–water partition coefficient (Wildman–Crippen LogP) is 0.862. The predicted molar refractivity (Wildman–Crippen MR) is 67.1 cm³/mol. The first-order chi connectivity index (χ1) is 9.25. The molecule has 0 saturated heterocycles. The van der Waals surface area contributed by atoms with Crippen LogP contribution < -0.4 is 9.47 Å². The van der Waals surface area contributed by atoms with Crippen LogP contribution in [0.4, 0.5) is 0 Å². The van der Waals surface area contributed by atoms with E-state index in [9.17, 15) is 5.11 Å². The Bertz CT molecular complexity index is 582. The molecule has 6 heteroatoms. The highest BCUT2D eigenvalue weighted by Gasteiger charge is 2.21. The number of aryl methyl sites for hydroxylation is 1. The van der Waals surface area contributed by atoms with E-state index in [1.807, 2.05) is 18.2 Å². The van der Waals surface area contributed by atoms with Crippen LogP contribution in [0, 0.1) is 0 Å². The maximum Gasteiger partial charge on any atom is 0.167 e. The molecule has 0 saturated carbocycles. The number of hydrogen-bond acceptors (Lipinski definition) is 5. The van der Waals surface area contributed by atoms with Crippen molar-refractivity contribution in [3.8, 4) is 11.5 Å². The molecule has 1 aromatic carbocycles. The summed E-state index contributed by atoms with van der Waals surface area (Å²) in [7, 11) is 1.80. The molecule has 1 atom stereocenters. The Balaban J connectivity index is 1.87. The highest BCUT2D eigenvalue weighted by atomic mass is 16.6. The van der Waals surface area contributed by atoms with Gasteiger partial charge in [-0.3, -0.25) is 4.68 Å². The lowest BCUT2D eigenvalue weighted by Crippen LogP contribution is -2.18. The number of aliphatic hydroxyl groups excluding tert-OH is 1. The molecule has 1 aliphatic rings. The SMILES string of the molecule is Cn1ncnc1CC(O)c1cccc2c1OCCO2. The van der Waals surface area contributed by atoms with Crippen molar-refractivity contribution in [2.24, 2.45) is 7.05 Å². The first-order valence-corrected chi connectivity index (χ1v) is 6.15. The van der Waals surface area contributed by atoms with Gasteiger partial charge in [-0.25, -0.2) is 4.98 Å². The van der Waals surface area contributed by atoms with Gasteiger partial charge in [0, 0.05) is 19.0 Å². The van der Waals surface area contributed by atoms with Crippen molar-refractivity contribution in [1.29, 1.82) is 0 Å². The molecule has 0 amide bonds. The van der Waals surface area contributed by atoms with E-state index in [-0.39, 0.29) is 0 Å². The Morgan fingerprint density at radius 3 is 3.00 bits per heavy atom. The molecule has 1 aliphatic heterocycles. The summed E-state index contributed by atoms with van der Waals surface area (Å²) in [4.78, 5) is 4.11. The normalized spacial score (nSPS) is 15.3. The average molecular weight is 261 g/mol. The van der Waals surface area contributed by atoms with Gasteiger partial charge in [0.15, 0.2) is 11.5 Å². The molecule has 0 spiro atoms. The van der Waals surface area contributed by atoms with E-state index in [2.05, 4.69) is 10.1 Å². The molecule has 0 aliphatic carbocycles.